The Hall–Kier alpha value is -3.19. The maximum atomic E-state index is 12.6. The van der Waals surface area contributed by atoms with E-state index >= 15 is 0 Å². The van der Waals surface area contributed by atoms with E-state index in [0.717, 1.165) is 41.8 Å². The number of carbonyl (C=O) groups is 3. The molecule has 3 amide bonds. The van der Waals surface area contributed by atoms with Crippen molar-refractivity contribution < 1.29 is 19.1 Å². The lowest BCUT2D eigenvalue weighted by Gasteiger charge is -2.35. The normalized spacial score (nSPS) is 16.7. The molecule has 4 rings (SSSR count). The molecule has 7 heteroatoms. The van der Waals surface area contributed by atoms with Crippen LogP contribution < -0.4 is 15.5 Å². The number of nitrogens with zero attached hydrogens (tertiary/aromatic N) is 1. The molecule has 1 unspecified atom stereocenters. The average Bonchev–Trinajstić information content (AvgIpc) is 2.83. The third-order valence-corrected chi connectivity index (χ3v) is 6.54. The number of aryl methyl sites for hydroxylation is 2. The molecule has 0 spiro atoms. The minimum atomic E-state index is -0.717. The summed E-state index contributed by atoms with van der Waals surface area (Å²) >= 11 is 0. The highest BCUT2D eigenvalue weighted by molar-refractivity contribution is 6.39. The number of hydrogen-bond donors (Lipinski definition) is 2. The molecule has 0 saturated heterocycles. The summed E-state index contributed by atoms with van der Waals surface area (Å²) in [5.74, 6) is -1.27. The molecule has 2 aliphatic rings. The van der Waals surface area contributed by atoms with E-state index in [9.17, 15) is 14.4 Å². The van der Waals surface area contributed by atoms with Gasteiger partial charge in [0.25, 0.3) is 0 Å². The highest BCUT2D eigenvalue weighted by Gasteiger charge is 2.32. The molecule has 2 aromatic rings. The SMILES string of the molecule is CCC(CNC(=O)C(=O)Nc1cc2c3c(c1)CCC(=O)N3CCC2)(OC)c1ccccc1. The zero-order chi connectivity index (χ0) is 22.7. The first-order chi connectivity index (χ1) is 15.5. The van der Waals surface area contributed by atoms with Crippen LogP contribution in [0.15, 0.2) is 42.5 Å². The Balaban J connectivity index is 1.45. The fourth-order valence-corrected chi connectivity index (χ4v) is 4.72. The van der Waals surface area contributed by atoms with Crippen LogP contribution in [0.5, 0.6) is 0 Å². The highest BCUT2D eigenvalue weighted by Crippen LogP contribution is 2.37. The van der Waals surface area contributed by atoms with Crippen molar-refractivity contribution in [1.82, 2.24) is 5.32 Å². The average molecular weight is 436 g/mol. The monoisotopic (exact) mass is 435 g/mol. The fourth-order valence-electron chi connectivity index (χ4n) is 4.72. The van der Waals surface area contributed by atoms with Gasteiger partial charge in [0, 0.05) is 25.8 Å². The van der Waals surface area contributed by atoms with Crippen LogP contribution in [-0.2, 0) is 37.6 Å². The molecule has 0 fully saturated rings. The summed E-state index contributed by atoms with van der Waals surface area (Å²) in [5.41, 5.74) is 3.91. The summed E-state index contributed by atoms with van der Waals surface area (Å²) in [6.45, 7) is 2.91. The second-order valence-electron chi connectivity index (χ2n) is 8.35. The first kappa shape index (κ1) is 22.0. The van der Waals surface area contributed by atoms with Crippen LogP contribution in [0.25, 0.3) is 0 Å². The molecule has 2 N–H and O–H groups in total. The predicted octanol–water partition coefficient (Wildman–Crippen LogP) is 2.92. The smallest absolute Gasteiger partial charge is 0.313 e. The lowest BCUT2D eigenvalue weighted by atomic mass is 9.90. The lowest BCUT2D eigenvalue weighted by Crippen LogP contribution is -2.45. The molecule has 2 aliphatic heterocycles. The van der Waals surface area contributed by atoms with Gasteiger partial charge < -0.3 is 20.3 Å². The van der Waals surface area contributed by atoms with Crippen molar-refractivity contribution in [3.8, 4) is 0 Å². The Labute approximate surface area is 188 Å². The van der Waals surface area contributed by atoms with Crippen molar-refractivity contribution in [3.05, 3.63) is 59.2 Å². The van der Waals surface area contributed by atoms with Crippen LogP contribution in [0.3, 0.4) is 0 Å². The van der Waals surface area contributed by atoms with Gasteiger partial charge in [0.05, 0.1) is 12.2 Å². The van der Waals surface area contributed by atoms with Gasteiger partial charge in [-0.15, -0.1) is 0 Å². The number of nitrogens with one attached hydrogen (secondary N) is 2. The quantitative estimate of drug-likeness (QED) is 0.683. The molecule has 2 aromatic carbocycles. The summed E-state index contributed by atoms with van der Waals surface area (Å²) in [4.78, 5) is 39.3. The Morgan fingerprint density at radius 1 is 1.06 bits per heavy atom. The Bertz CT molecular complexity index is 1010. The van der Waals surface area contributed by atoms with Gasteiger partial charge in [-0.3, -0.25) is 14.4 Å². The third kappa shape index (κ3) is 4.12. The van der Waals surface area contributed by atoms with Gasteiger partial charge >= 0.3 is 11.8 Å². The maximum absolute atomic E-state index is 12.6. The van der Waals surface area contributed by atoms with Crippen LogP contribution >= 0.6 is 0 Å². The summed E-state index contributed by atoms with van der Waals surface area (Å²) in [7, 11) is 1.61. The van der Waals surface area contributed by atoms with E-state index in [1.807, 2.05) is 54.3 Å². The van der Waals surface area contributed by atoms with E-state index in [1.165, 1.54) is 0 Å². The van der Waals surface area contributed by atoms with Crippen molar-refractivity contribution >= 4 is 29.1 Å². The minimum Gasteiger partial charge on any atom is -0.372 e. The molecule has 32 heavy (non-hydrogen) atoms. The number of anilines is 2. The van der Waals surface area contributed by atoms with Gasteiger partial charge in [-0.05, 0) is 54.5 Å². The van der Waals surface area contributed by atoms with Gasteiger partial charge in [-0.1, -0.05) is 37.3 Å². The van der Waals surface area contributed by atoms with Gasteiger partial charge in [-0.25, -0.2) is 0 Å². The van der Waals surface area contributed by atoms with E-state index < -0.39 is 17.4 Å². The molecule has 0 radical (unpaired) electrons. The first-order valence-electron chi connectivity index (χ1n) is 11.1. The molecule has 7 nitrogen and oxygen atoms in total. The van der Waals surface area contributed by atoms with E-state index in [4.69, 9.17) is 4.74 Å². The van der Waals surface area contributed by atoms with E-state index in [-0.39, 0.29) is 12.5 Å². The largest absolute Gasteiger partial charge is 0.372 e. The summed E-state index contributed by atoms with van der Waals surface area (Å²) in [5, 5.41) is 5.46. The van der Waals surface area contributed by atoms with Crippen LogP contribution in [0.2, 0.25) is 0 Å². The molecule has 0 saturated carbocycles. The second kappa shape index (κ2) is 9.12. The second-order valence-corrected chi connectivity index (χ2v) is 8.35. The van der Waals surface area contributed by atoms with Crippen molar-refractivity contribution in [3.63, 3.8) is 0 Å². The highest BCUT2D eigenvalue weighted by atomic mass is 16.5. The summed E-state index contributed by atoms with van der Waals surface area (Å²) < 4.78 is 5.76. The van der Waals surface area contributed by atoms with Gasteiger partial charge in [0.2, 0.25) is 5.91 Å². The van der Waals surface area contributed by atoms with Crippen LogP contribution in [0.4, 0.5) is 11.4 Å². The van der Waals surface area contributed by atoms with Crippen molar-refractivity contribution in [1.29, 1.82) is 0 Å². The molecule has 2 heterocycles. The van der Waals surface area contributed by atoms with Gasteiger partial charge in [0.15, 0.2) is 0 Å². The number of amides is 3. The topological polar surface area (TPSA) is 87.7 Å². The number of hydrogen-bond acceptors (Lipinski definition) is 4. The van der Waals surface area contributed by atoms with Crippen LogP contribution in [-0.4, -0.2) is 37.9 Å². The molecule has 0 bridgehead atoms. The Morgan fingerprint density at radius 2 is 1.78 bits per heavy atom. The van der Waals surface area contributed by atoms with E-state index in [1.54, 1.807) is 7.11 Å². The maximum Gasteiger partial charge on any atom is 0.313 e. The lowest BCUT2D eigenvalue weighted by molar-refractivity contribution is -0.137. The number of carbonyl (C=O) groups excluding carboxylic acids is 3. The molecule has 0 aliphatic carbocycles. The van der Waals surface area contributed by atoms with E-state index in [0.29, 0.717) is 24.9 Å². The van der Waals surface area contributed by atoms with Crippen LogP contribution in [0, 0.1) is 0 Å². The fraction of sp³-hybridized carbons (Fsp3) is 0.400. The molecule has 1 atom stereocenters. The van der Waals surface area contributed by atoms with Gasteiger partial charge in [-0.2, -0.15) is 0 Å². The van der Waals surface area contributed by atoms with Crippen molar-refractivity contribution in [2.24, 2.45) is 0 Å². The molecule has 168 valence electrons. The Kier molecular flexibility index (Phi) is 6.28. The minimum absolute atomic E-state index is 0.158. The van der Waals surface area contributed by atoms with Gasteiger partial charge in [0.1, 0.15) is 5.60 Å². The van der Waals surface area contributed by atoms with Crippen LogP contribution in [0.1, 0.15) is 42.9 Å². The first-order valence-corrected chi connectivity index (χ1v) is 11.1. The zero-order valence-electron chi connectivity index (χ0n) is 18.6. The number of rotatable bonds is 6. The number of benzene rings is 2. The zero-order valence-corrected chi connectivity index (χ0v) is 18.6. The molecule has 0 aromatic heterocycles. The number of ether oxygens (including phenoxy) is 1. The Morgan fingerprint density at radius 3 is 2.47 bits per heavy atom. The van der Waals surface area contributed by atoms with Crippen molar-refractivity contribution in [2.75, 3.05) is 30.4 Å². The number of methoxy groups -OCH3 is 1. The third-order valence-electron chi connectivity index (χ3n) is 6.54. The van der Waals surface area contributed by atoms with E-state index in [2.05, 4.69) is 10.6 Å². The summed E-state index contributed by atoms with van der Waals surface area (Å²) in [6.07, 6.45) is 3.51. The predicted molar refractivity (Wildman–Crippen MR) is 122 cm³/mol. The molecular formula is C25H29N3O4. The molecular weight excluding hydrogens is 406 g/mol. The standard InChI is InChI=1S/C25H29N3O4/c1-3-25(32-2,19-9-5-4-6-10-19)16-26-23(30)24(31)27-20-14-17-8-7-13-28-21(29)12-11-18(15-20)22(17)28/h4-6,9-10,14-15H,3,7-8,11-13,16H2,1-2H3,(H,26,30)(H,27,31). The van der Waals surface area contributed by atoms with Crippen molar-refractivity contribution in [2.45, 2.75) is 44.6 Å². The summed E-state index contributed by atoms with van der Waals surface area (Å²) in [6, 6.07) is 13.4.